The molecule has 1 rings (SSSR count). The average Bonchev–Trinajstić information content (AvgIpc) is 2.55. The lowest BCUT2D eigenvalue weighted by molar-refractivity contribution is -0.107. The molecule has 0 spiro atoms. The fourth-order valence-electron chi connectivity index (χ4n) is 1.46. The average molecular weight is 210 g/mol. The van der Waals surface area contributed by atoms with Gasteiger partial charge in [-0.3, -0.25) is 9.48 Å². The van der Waals surface area contributed by atoms with Gasteiger partial charge >= 0.3 is 0 Å². The fourth-order valence-corrected chi connectivity index (χ4v) is 1.46. The number of aromatic nitrogens is 2. The van der Waals surface area contributed by atoms with Crippen molar-refractivity contribution < 1.29 is 4.79 Å². The van der Waals surface area contributed by atoms with Crippen LogP contribution >= 0.6 is 0 Å². The summed E-state index contributed by atoms with van der Waals surface area (Å²) >= 11 is 0. The summed E-state index contributed by atoms with van der Waals surface area (Å²) in [7, 11) is 3.60. The SMILES string of the molecule is CC(N)CCc1c(N(C)C=O)cnn1C. The Labute approximate surface area is 89.9 Å². The van der Waals surface area contributed by atoms with Gasteiger partial charge in [0.05, 0.1) is 17.6 Å². The molecule has 0 aliphatic carbocycles. The molecule has 0 aliphatic rings. The summed E-state index contributed by atoms with van der Waals surface area (Å²) in [6, 6.07) is 0.161. The van der Waals surface area contributed by atoms with E-state index in [-0.39, 0.29) is 6.04 Å². The van der Waals surface area contributed by atoms with Crippen LogP contribution in [0.4, 0.5) is 5.69 Å². The molecule has 0 radical (unpaired) electrons. The van der Waals surface area contributed by atoms with E-state index in [1.807, 2.05) is 14.0 Å². The van der Waals surface area contributed by atoms with Crippen LogP contribution in [-0.2, 0) is 18.3 Å². The Morgan fingerprint density at radius 2 is 2.40 bits per heavy atom. The van der Waals surface area contributed by atoms with Gasteiger partial charge in [0.1, 0.15) is 0 Å². The van der Waals surface area contributed by atoms with Gasteiger partial charge in [0.15, 0.2) is 0 Å². The van der Waals surface area contributed by atoms with Crippen LogP contribution in [0.25, 0.3) is 0 Å². The van der Waals surface area contributed by atoms with Gasteiger partial charge in [-0.2, -0.15) is 5.10 Å². The van der Waals surface area contributed by atoms with Gasteiger partial charge in [-0.25, -0.2) is 0 Å². The first-order chi connectivity index (χ1) is 7.06. The van der Waals surface area contributed by atoms with Crippen molar-refractivity contribution in [2.45, 2.75) is 25.8 Å². The fraction of sp³-hybridized carbons (Fsp3) is 0.600. The van der Waals surface area contributed by atoms with Gasteiger partial charge in [0.25, 0.3) is 0 Å². The van der Waals surface area contributed by atoms with E-state index in [1.54, 1.807) is 17.9 Å². The summed E-state index contributed by atoms with van der Waals surface area (Å²) in [6.07, 6.45) is 4.21. The first kappa shape index (κ1) is 11.7. The Kier molecular flexibility index (Phi) is 3.85. The van der Waals surface area contributed by atoms with Crippen molar-refractivity contribution in [3.8, 4) is 0 Å². The Bertz CT molecular complexity index is 332. The predicted octanol–water partition coefficient (Wildman–Crippen LogP) is 0.292. The number of amides is 1. The minimum atomic E-state index is 0.161. The van der Waals surface area contributed by atoms with Crippen LogP contribution in [0.5, 0.6) is 0 Å². The molecule has 0 aliphatic heterocycles. The van der Waals surface area contributed by atoms with Crippen LogP contribution in [-0.4, -0.2) is 29.3 Å². The quantitative estimate of drug-likeness (QED) is 0.710. The molecular weight excluding hydrogens is 192 g/mol. The molecule has 0 bridgehead atoms. The molecule has 1 amide bonds. The van der Waals surface area contributed by atoms with Gasteiger partial charge in [0.2, 0.25) is 6.41 Å². The maximum Gasteiger partial charge on any atom is 0.213 e. The predicted molar refractivity (Wildman–Crippen MR) is 59.6 cm³/mol. The number of aryl methyl sites for hydroxylation is 1. The number of carbonyl (C=O) groups excluding carboxylic acids is 1. The second-order valence-corrected chi connectivity index (χ2v) is 3.83. The van der Waals surface area contributed by atoms with Crippen molar-refractivity contribution in [2.75, 3.05) is 11.9 Å². The third-order valence-electron chi connectivity index (χ3n) is 2.41. The Morgan fingerprint density at radius 3 is 2.93 bits per heavy atom. The molecule has 5 nitrogen and oxygen atoms in total. The van der Waals surface area contributed by atoms with Crippen LogP contribution in [0.1, 0.15) is 19.0 Å². The lowest BCUT2D eigenvalue weighted by Crippen LogP contribution is -2.19. The lowest BCUT2D eigenvalue weighted by atomic mass is 10.1. The Hall–Kier alpha value is -1.36. The summed E-state index contributed by atoms with van der Waals surface area (Å²) in [4.78, 5) is 12.2. The molecule has 2 N–H and O–H groups in total. The molecule has 84 valence electrons. The number of carbonyl (C=O) groups is 1. The highest BCUT2D eigenvalue weighted by molar-refractivity contribution is 5.75. The van der Waals surface area contributed by atoms with Crippen molar-refractivity contribution in [1.82, 2.24) is 9.78 Å². The lowest BCUT2D eigenvalue weighted by Gasteiger charge is -2.12. The normalized spacial score (nSPS) is 12.5. The first-order valence-electron chi connectivity index (χ1n) is 5.00. The zero-order valence-corrected chi connectivity index (χ0v) is 9.47. The molecule has 0 aromatic carbocycles. The van der Waals surface area contributed by atoms with Gasteiger partial charge in [0, 0.05) is 20.1 Å². The topological polar surface area (TPSA) is 64.2 Å². The zero-order valence-electron chi connectivity index (χ0n) is 9.47. The van der Waals surface area contributed by atoms with E-state index in [0.29, 0.717) is 0 Å². The van der Waals surface area contributed by atoms with Crippen LogP contribution < -0.4 is 10.6 Å². The summed E-state index contributed by atoms with van der Waals surface area (Å²) in [6.45, 7) is 1.97. The molecule has 1 aromatic rings. The zero-order chi connectivity index (χ0) is 11.4. The number of hydrogen-bond donors (Lipinski definition) is 1. The molecule has 0 saturated heterocycles. The van der Waals surface area contributed by atoms with Crippen LogP contribution in [0.3, 0.4) is 0 Å². The van der Waals surface area contributed by atoms with Crippen LogP contribution in [0.15, 0.2) is 6.20 Å². The highest BCUT2D eigenvalue weighted by atomic mass is 16.1. The van der Waals surface area contributed by atoms with Gasteiger partial charge in [-0.05, 0) is 19.8 Å². The van der Waals surface area contributed by atoms with Crippen LogP contribution in [0.2, 0.25) is 0 Å². The largest absolute Gasteiger partial charge is 0.328 e. The third-order valence-corrected chi connectivity index (χ3v) is 2.41. The number of anilines is 1. The maximum atomic E-state index is 10.7. The minimum absolute atomic E-state index is 0.161. The first-order valence-corrected chi connectivity index (χ1v) is 5.00. The molecule has 0 fully saturated rings. The second-order valence-electron chi connectivity index (χ2n) is 3.83. The Morgan fingerprint density at radius 1 is 1.73 bits per heavy atom. The van der Waals surface area contributed by atoms with Crippen molar-refractivity contribution in [2.24, 2.45) is 12.8 Å². The highest BCUT2D eigenvalue weighted by Crippen LogP contribution is 2.19. The van der Waals surface area contributed by atoms with E-state index in [0.717, 1.165) is 30.6 Å². The molecular formula is C10H18N4O. The monoisotopic (exact) mass is 210 g/mol. The molecule has 1 heterocycles. The maximum absolute atomic E-state index is 10.7. The van der Waals surface area contributed by atoms with Gasteiger partial charge in [-0.1, -0.05) is 0 Å². The van der Waals surface area contributed by atoms with Gasteiger partial charge < -0.3 is 10.6 Å². The van der Waals surface area contributed by atoms with Crippen LogP contribution in [0, 0.1) is 0 Å². The summed E-state index contributed by atoms with van der Waals surface area (Å²) < 4.78 is 1.79. The molecule has 1 aromatic heterocycles. The standard InChI is InChI=1S/C10H18N4O/c1-8(11)4-5-9-10(13(2)7-15)6-12-14(9)3/h6-8H,4-5,11H2,1-3H3. The van der Waals surface area contributed by atoms with Crippen molar-refractivity contribution in [1.29, 1.82) is 0 Å². The molecule has 1 atom stereocenters. The second kappa shape index (κ2) is 4.93. The molecule has 0 saturated carbocycles. The van der Waals surface area contributed by atoms with E-state index < -0.39 is 0 Å². The Balaban J connectivity index is 2.84. The minimum Gasteiger partial charge on any atom is -0.328 e. The molecule has 1 unspecified atom stereocenters. The van der Waals surface area contributed by atoms with Crippen molar-refractivity contribution in [3.63, 3.8) is 0 Å². The van der Waals surface area contributed by atoms with E-state index >= 15 is 0 Å². The summed E-state index contributed by atoms with van der Waals surface area (Å²) in [5.74, 6) is 0. The van der Waals surface area contributed by atoms with Crippen molar-refractivity contribution >= 4 is 12.1 Å². The van der Waals surface area contributed by atoms with E-state index in [4.69, 9.17) is 5.73 Å². The summed E-state index contributed by atoms with van der Waals surface area (Å²) in [5, 5.41) is 4.14. The number of nitrogens with two attached hydrogens (primary N) is 1. The van der Waals surface area contributed by atoms with Crippen molar-refractivity contribution in [3.05, 3.63) is 11.9 Å². The number of nitrogens with zero attached hydrogens (tertiary/aromatic N) is 3. The molecule has 5 heteroatoms. The smallest absolute Gasteiger partial charge is 0.213 e. The summed E-state index contributed by atoms with van der Waals surface area (Å²) in [5.41, 5.74) is 7.60. The molecule has 15 heavy (non-hydrogen) atoms. The third kappa shape index (κ3) is 2.79. The van der Waals surface area contributed by atoms with E-state index in [1.165, 1.54) is 4.90 Å². The van der Waals surface area contributed by atoms with E-state index in [2.05, 4.69) is 5.10 Å². The number of rotatable bonds is 5. The van der Waals surface area contributed by atoms with E-state index in [9.17, 15) is 4.79 Å². The highest BCUT2D eigenvalue weighted by Gasteiger charge is 2.12. The van der Waals surface area contributed by atoms with Gasteiger partial charge in [-0.15, -0.1) is 0 Å². The number of hydrogen-bond acceptors (Lipinski definition) is 3.